The van der Waals surface area contributed by atoms with Crippen LogP contribution < -0.4 is 0 Å². The van der Waals surface area contributed by atoms with Gasteiger partial charge in [-0.2, -0.15) is 4.37 Å². The molecule has 2 rings (SSSR count). The summed E-state index contributed by atoms with van der Waals surface area (Å²) in [6, 6.07) is 3.85. The Morgan fingerprint density at radius 2 is 2.27 bits per heavy atom. The van der Waals surface area contributed by atoms with Crippen molar-refractivity contribution >= 4 is 50.0 Å². The fraction of sp³-hybridized carbons (Fsp3) is 0. The Morgan fingerprint density at radius 1 is 1.45 bits per heavy atom. The molecular formula is C7H3BrClNS. The fourth-order valence-corrected chi connectivity index (χ4v) is 2.18. The minimum absolute atomic E-state index is 0.747. The van der Waals surface area contributed by atoms with Crippen molar-refractivity contribution in [3.8, 4) is 0 Å². The standard InChI is InChI=1S/C7H3BrClNS/c8-5-1-2-6-4(7(5)9)3-11-10-6/h1-3H. The van der Waals surface area contributed by atoms with Crippen LogP contribution in [0.4, 0.5) is 0 Å². The first kappa shape index (κ1) is 7.53. The number of hydrogen-bond acceptors (Lipinski definition) is 2. The summed E-state index contributed by atoms with van der Waals surface area (Å²) in [4.78, 5) is 0. The lowest BCUT2D eigenvalue weighted by Crippen LogP contribution is -1.70. The Hall–Kier alpha value is -0.120. The van der Waals surface area contributed by atoms with Gasteiger partial charge in [0.15, 0.2) is 0 Å². The van der Waals surface area contributed by atoms with Gasteiger partial charge in [-0.05, 0) is 39.6 Å². The Bertz CT molecular complexity index is 398. The molecule has 0 saturated heterocycles. The fourth-order valence-electron chi connectivity index (χ4n) is 0.884. The van der Waals surface area contributed by atoms with Crippen molar-refractivity contribution in [2.75, 3.05) is 0 Å². The average Bonchev–Trinajstić information content (AvgIpc) is 2.45. The van der Waals surface area contributed by atoms with Gasteiger partial charge < -0.3 is 0 Å². The number of benzene rings is 1. The topological polar surface area (TPSA) is 12.9 Å². The Morgan fingerprint density at radius 3 is 3.09 bits per heavy atom. The minimum Gasteiger partial charge on any atom is -0.193 e. The van der Waals surface area contributed by atoms with E-state index in [4.69, 9.17) is 11.6 Å². The van der Waals surface area contributed by atoms with Crippen molar-refractivity contribution in [2.45, 2.75) is 0 Å². The zero-order valence-electron chi connectivity index (χ0n) is 5.34. The maximum absolute atomic E-state index is 5.99. The average molecular weight is 249 g/mol. The number of fused-ring (bicyclic) bond motifs is 1. The number of halogens is 2. The SMILES string of the molecule is Clc1c(Br)ccc2nscc12. The molecule has 0 N–H and O–H groups in total. The summed E-state index contributed by atoms with van der Waals surface area (Å²) in [6.07, 6.45) is 0. The summed E-state index contributed by atoms with van der Waals surface area (Å²) in [6.45, 7) is 0. The van der Waals surface area contributed by atoms with Crippen LogP contribution in [0.25, 0.3) is 10.9 Å². The second kappa shape index (κ2) is 2.73. The Labute approximate surface area is 81.3 Å². The monoisotopic (exact) mass is 247 g/mol. The molecule has 1 aromatic carbocycles. The van der Waals surface area contributed by atoms with Gasteiger partial charge in [0.2, 0.25) is 0 Å². The highest BCUT2D eigenvalue weighted by Gasteiger charge is 2.03. The number of hydrogen-bond donors (Lipinski definition) is 0. The van der Waals surface area contributed by atoms with Gasteiger partial charge in [-0.1, -0.05) is 11.6 Å². The third-order valence-electron chi connectivity index (χ3n) is 1.43. The Kier molecular flexibility index (Phi) is 1.87. The van der Waals surface area contributed by atoms with Crippen LogP contribution in [0.5, 0.6) is 0 Å². The van der Waals surface area contributed by atoms with E-state index in [-0.39, 0.29) is 0 Å². The number of rotatable bonds is 0. The van der Waals surface area contributed by atoms with E-state index in [1.165, 1.54) is 11.5 Å². The first-order valence-electron chi connectivity index (χ1n) is 2.97. The molecule has 0 spiro atoms. The summed E-state index contributed by atoms with van der Waals surface area (Å²) in [5.74, 6) is 0. The van der Waals surface area contributed by atoms with Crippen LogP contribution in [0.15, 0.2) is 22.0 Å². The van der Waals surface area contributed by atoms with Crippen molar-refractivity contribution in [3.63, 3.8) is 0 Å². The van der Waals surface area contributed by atoms with Crippen molar-refractivity contribution in [3.05, 3.63) is 27.0 Å². The van der Waals surface area contributed by atoms with E-state index < -0.39 is 0 Å². The van der Waals surface area contributed by atoms with Crippen LogP contribution in [-0.4, -0.2) is 4.37 Å². The summed E-state index contributed by atoms with van der Waals surface area (Å²) >= 11 is 10.8. The zero-order valence-corrected chi connectivity index (χ0v) is 8.50. The molecule has 0 aliphatic rings. The smallest absolute Gasteiger partial charge is 0.0856 e. The third-order valence-corrected chi connectivity index (χ3v) is 3.37. The van der Waals surface area contributed by atoms with Crippen LogP contribution in [0, 0.1) is 0 Å². The molecule has 0 saturated carbocycles. The van der Waals surface area contributed by atoms with Gasteiger partial charge in [-0.3, -0.25) is 0 Å². The zero-order chi connectivity index (χ0) is 7.84. The van der Waals surface area contributed by atoms with E-state index in [1.54, 1.807) is 0 Å². The molecule has 11 heavy (non-hydrogen) atoms. The van der Waals surface area contributed by atoms with Crippen LogP contribution in [-0.2, 0) is 0 Å². The molecule has 2 aromatic rings. The molecule has 1 aromatic heterocycles. The highest BCUT2D eigenvalue weighted by atomic mass is 79.9. The summed E-state index contributed by atoms with van der Waals surface area (Å²) in [5, 5.41) is 3.71. The van der Waals surface area contributed by atoms with E-state index in [2.05, 4.69) is 20.3 Å². The molecule has 1 heterocycles. The van der Waals surface area contributed by atoms with Gasteiger partial charge in [-0.25, -0.2) is 0 Å². The molecular weight excluding hydrogens is 246 g/mol. The minimum atomic E-state index is 0.747. The summed E-state index contributed by atoms with van der Waals surface area (Å²) < 4.78 is 5.08. The predicted octanol–water partition coefficient (Wildman–Crippen LogP) is 3.71. The molecule has 4 heteroatoms. The lowest BCUT2D eigenvalue weighted by atomic mass is 10.3. The van der Waals surface area contributed by atoms with E-state index in [0.29, 0.717) is 0 Å². The molecule has 0 bridgehead atoms. The summed E-state index contributed by atoms with van der Waals surface area (Å²) in [7, 11) is 0. The number of aromatic nitrogens is 1. The lowest BCUT2D eigenvalue weighted by Gasteiger charge is -1.94. The second-order valence-electron chi connectivity index (χ2n) is 2.11. The molecule has 56 valence electrons. The van der Waals surface area contributed by atoms with E-state index in [9.17, 15) is 0 Å². The highest BCUT2D eigenvalue weighted by Crippen LogP contribution is 2.31. The van der Waals surface area contributed by atoms with Gasteiger partial charge in [0.05, 0.1) is 10.5 Å². The molecule has 0 atom stereocenters. The maximum Gasteiger partial charge on any atom is 0.0856 e. The first-order chi connectivity index (χ1) is 5.29. The van der Waals surface area contributed by atoms with Crippen LogP contribution >= 0.6 is 39.1 Å². The van der Waals surface area contributed by atoms with Crippen molar-refractivity contribution in [1.29, 1.82) is 0 Å². The highest BCUT2D eigenvalue weighted by molar-refractivity contribution is 9.10. The van der Waals surface area contributed by atoms with Crippen LogP contribution in [0.3, 0.4) is 0 Å². The van der Waals surface area contributed by atoms with Gasteiger partial charge in [0.1, 0.15) is 0 Å². The molecule has 0 amide bonds. The molecule has 0 radical (unpaired) electrons. The van der Waals surface area contributed by atoms with Crippen molar-refractivity contribution < 1.29 is 0 Å². The second-order valence-corrected chi connectivity index (χ2v) is 3.97. The molecule has 0 aliphatic heterocycles. The normalized spacial score (nSPS) is 10.7. The Balaban J connectivity index is 2.93. The van der Waals surface area contributed by atoms with Crippen molar-refractivity contribution in [2.24, 2.45) is 0 Å². The first-order valence-corrected chi connectivity index (χ1v) is 4.98. The largest absolute Gasteiger partial charge is 0.193 e. The van der Waals surface area contributed by atoms with Crippen LogP contribution in [0.1, 0.15) is 0 Å². The molecule has 1 nitrogen and oxygen atoms in total. The quantitative estimate of drug-likeness (QED) is 0.692. The van der Waals surface area contributed by atoms with Crippen LogP contribution in [0.2, 0.25) is 5.02 Å². The number of nitrogens with zero attached hydrogens (tertiary/aromatic N) is 1. The van der Waals surface area contributed by atoms with Gasteiger partial charge in [0, 0.05) is 15.2 Å². The molecule has 0 fully saturated rings. The maximum atomic E-state index is 5.99. The predicted molar refractivity (Wildman–Crippen MR) is 52.3 cm³/mol. The van der Waals surface area contributed by atoms with Gasteiger partial charge in [-0.15, -0.1) is 0 Å². The van der Waals surface area contributed by atoms with E-state index in [0.717, 1.165) is 20.4 Å². The van der Waals surface area contributed by atoms with E-state index >= 15 is 0 Å². The van der Waals surface area contributed by atoms with E-state index in [1.807, 2.05) is 17.5 Å². The molecule has 0 unspecified atom stereocenters. The summed E-state index contributed by atoms with van der Waals surface area (Å²) in [5.41, 5.74) is 0.961. The molecule has 0 aliphatic carbocycles. The lowest BCUT2D eigenvalue weighted by molar-refractivity contribution is 1.64. The van der Waals surface area contributed by atoms with Gasteiger partial charge >= 0.3 is 0 Å². The third kappa shape index (κ3) is 1.17. The van der Waals surface area contributed by atoms with Crippen molar-refractivity contribution in [1.82, 2.24) is 4.37 Å². The van der Waals surface area contributed by atoms with Gasteiger partial charge in [0.25, 0.3) is 0 Å².